The Kier molecular flexibility index (Phi) is 10.1. The van der Waals surface area contributed by atoms with Gasteiger partial charge in [-0.1, -0.05) is 72.8 Å². The molecule has 4 heteroatoms. The predicted octanol–water partition coefficient (Wildman–Crippen LogP) is 7.44. The van der Waals surface area contributed by atoms with Crippen LogP contribution in [0.25, 0.3) is 0 Å². The molecule has 2 aliphatic heterocycles. The van der Waals surface area contributed by atoms with Crippen molar-refractivity contribution >= 4 is 11.8 Å². The van der Waals surface area contributed by atoms with Gasteiger partial charge in [0.1, 0.15) is 0 Å². The largest absolute Gasteiger partial charge is 0.339 e. The summed E-state index contributed by atoms with van der Waals surface area (Å²) in [5.41, 5.74) is 3.95. The Labute approximate surface area is 240 Å². The van der Waals surface area contributed by atoms with Crippen LogP contribution in [0.3, 0.4) is 0 Å². The lowest BCUT2D eigenvalue weighted by Gasteiger charge is -2.34. The lowest BCUT2D eigenvalue weighted by atomic mass is 9.89. The van der Waals surface area contributed by atoms with E-state index in [1.54, 1.807) is 0 Å². The predicted molar refractivity (Wildman–Crippen MR) is 162 cm³/mol. The van der Waals surface area contributed by atoms with E-state index >= 15 is 0 Å². The molecule has 0 aliphatic carbocycles. The SMILES string of the molecule is O=C(c1ccccc1C(=O)N1CCC(CCCc2ccccc2)CC1)N1CCC(CCCc2ccccc2)CC1. The molecule has 210 valence electrons. The number of hydrogen-bond donors (Lipinski definition) is 0. The van der Waals surface area contributed by atoms with E-state index in [0.717, 1.165) is 64.7 Å². The molecule has 2 aliphatic rings. The van der Waals surface area contributed by atoms with Gasteiger partial charge in [0.15, 0.2) is 0 Å². The van der Waals surface area contributed by atoms with E-state index in [1.165, 1.54) is 36.8 Å². The first-order chi connectivity index (χ1) is 19.7. The van der Waals surface area contributed by atoms with E-state index in [2.05, 4.69) is 60.7 Å². The maximum atomic E-state index is 13.6. The Morgan fingerprint density at radius 2 is 0.875 bits per heavy atom. The van der Waals surface area contributed by atoms with Crippen molar-refractivity contribution in [3.63, 3.8) is 0 Å². The number of carbonyl (C=O) groups is 2. The highest BCUT2D eigenvalue weighted by Crippen LogP contribution is 2.27. The van der Waals surface area contributed by atoms with Gasteiger partial charge in [-0.25, -0.2) is 0 Å². The molecule has 3 aromatic carbocycles. The van der Waals surface area contributed by atoms with Gasteiger partial charge in [-0.3, -0.25) is 9.59 Å². The monoisotopic (exact) mass is 536 g/mol. The summed E-state index contributed by atoms with van der Waals surface area (Å²) < 4.78 is 0. The second-order valence-corrected chi connectivity index (χ2v) is 11.8. The zero-order chi connectivity index (χ0) is 27.6. The lowest BCUT2D eigenvalue weighted by molar-refractivity contribution is 0.0646. The third-order valence-corrected chi connectivity index (χ3v) is 9.03. The Morgan fingerprint density at radius 3 is 1.25 bits per heavy atom. The molecule has 0 radical (unpaired) electrons. The van der Waals surface area contributed by atoms with Crippen LogP contribution in [-0.4, -0.2) is 47.8 Å². The number of amides is 2. The van der Waals surface area contributed by atoms with Crippen molar-refractivity contribution in [3.05, 3.63) is 107 Å². The highest BCUT2D eigenvalue weighted by atomic mass is 16.2. The summed E-state index contributed by atoms with van der Waals surface area (Å²) in [7, 11) is 0. The number of hydrogen-bond acceptors (Lipinski definition) is 2. The summed E-state index contributed by atoms with van der Waals surface area (Å²) in [5, 5.41) is 0. The third-order valence-electron chi connectivity index (χ3n) is 9.03. The number of aryl methyl sites for hydroxylation is 2. The topological polar surface area (TPSA) is 40.6 Å². The molecule has 40 heavy (non-hydrogen) atoms. The first-order valence-electron chi connectivity index (χ1n) is 15.4. The lowest BCUT2D eigenvalue weighted by Crippen LogP contribution is -2.41. The molecule has 2 fully saturated rings. The summed E-state index contributed by atoms with van der Waals surface area (Å²) in [6, 6.07) is 28.9. The number of carbonyl (C=O) groups excluding carboxylic acids is 2. The van der Waals surface area contributed by atoms with Gasteiger partial charge >= 0.3 is 0 Å². The third kappa shape index (κ3) is 7.62. The van der Waals surface area contributed by atoms with Gasteiger partial charge in [-0.15, -0.1) is 0 Å². The van der Waals surface area contributed by atoms with E-state index in [0.29, 0.717) is 23.0 Å². The Balaban J connectivity index is 1.08. The molecule has 0 atom stereocenters. The van der Waals surface area contributed by atoms with Crippen molar-refractivity contribution in [3.8, 4) is 0 Å². The molecule has 3 aromatic rings. The number of piperidine rings is 2. The second kappa shape index (κ2) is 14.3. The Bertz CT molecular complexity index is 1110. The summed E-state index contributed by atoms with van der Waals surface area (Å²) in [6.07, 6.45) is 11.3. The van der Waals surface area contributed by atoms with E-state index in [4.69, 9.17) is 0 Å². The van der Waals surface area contributed by atoms with Crippen molar-refractivity contribution in [2.45, 2.75) is 64.2 Å². The maximum Gasteiger partial charge on any atom is 0.254 e. The summed E-state index contributed by atoms with van der Waals surface area (Å²) >= 11 is 0. The van der Waals surface area contributed by atoms with Gasteiger partial charge in [0.05, 0.1) is 11.1 Å². The normalized spacial score (nSPS) is 16.7. The number of likely N-dealkylation sites (tertiary alicyclic amines) is 2. The highest BCUT2D eigenvalue weighted by Gasteiger charge is 2.29. The quantitative estimate of drug-likeness (QED) is 0.270. The number of benzene rings is 3. The van der Waals surface area contributed by atoms with Crippen molar-refractivity contribution in [2.75, 3.05) is 26.2 Å². The number of nitrogens with zero attached hydrogens (tertiary/aromatic N) is 2. The minimum absolute atomic E-state index is 0.0162. The van der Waals surface area contributed by atoms with Gasteiger partial charge in [0.25, 0.3) is 11.8 Å². The van der Waals surface area contributed by atoms with Crippen LogP contribution in [0.4, 0.5) is 0 Å². The molecule has 4 nitrogen and oxygen atoms in total. The van der Waals surface area contributed by atoms with Gasteiger partial charge < -0.3 is 9.80 Å². The molecule has 0 saturated carbocycles. The van der Waals surface area contributed by atoms with E-state index in [1.807, 2.05) is 34.1 Å². The Hall–Kier alpha value is -3.40. The van der Waals surface area contributed by atoms with Crippen LogP contribution in [-0.2, 0) is 12.8 Å². The Morgan fingerprint density at radius 1 is 0.525 bits per heavy atom. The van der Waals surface area contributed by atoms with Crippen LogP contribution >= 0.6 is 0 Å². The molecule has 2 amide bonds. The van der Waals surface area contributed by atoms with Gasteiger partial charge in [0, 0.05) is 26.2 Å². The van der Waals surface area contributed by atoms with Gasteiger partial charge in [-0.2, -0.15) is 0 Å². The molecule has 0 spiro atoms. The summed E-state index contributed by atoms with van der Waals surface area (Å²) in [5.74, 6) is 1.39. The van der Waals surface area contributed by atoms with E-state index in [9.17, 15) is 9.59 Å². The fourth-order valence-corrected chi connectivity index (χ4v) is 6.53. The first-order valence-corrected chi connectivity index (χ1v) is 15.4. The van der Waals surface area contributed by atoms with Crippen LogP contribution in [0.5, 0.6) is 0 Å². The van der Waals surface area contributed by atoms with Crippen LogP contribution in [0, 0.1) is 11.8 Å². The molecule has 0 N–H and O–H groups in total. The van der Waals surface area contributed by atoms with Crippen molar-refractivity contribution in [2.24, 2.45) is 11.8 Å². The summed E-state index contributed by atoms with van der Waals surface area (Å²) in [4.78, 5) is 31.1. The van der Waals surface area contributed by atoms with Gasteiger partial charge in [0.2, 0.25) is 0 Å². The van der Waals surface area contributed by atoms with E-state index in [-0.39, 0.29) is 11.8 Å². The summed E-state index contributed by atoms with van der Waals surface area (Å²) in [6.45, 7) is 3.13. The van der Waals surface area contributed by atoms with Crippen LogP contribution < -0.4 is 0 Å². The van der Waals surface area contributed by atoms with Crippen molar-refractivity contribution in [1.29, 1.82) is 0 Å². The second-order valence-electron chi connectivity index (χ2n) is 11.8. The minimum Gasteiger partial charge on any atom is -0.339 e. The van der Waals surface area contributed by atoms with Crippen molar-refractivity contribution in [1.82, 2.24) is 9.80 Å². The average Bonchev–Trinajstić information content (AvgIpc) is 3.02. The highest BCUT2D eigenvalue weighted by molar-refractivity contribution is 6.07. The fraction of sp³-hybridized carbons (Fsp3) is 0.444. The molecule has 0 bridgehead atoms. The molecule has 5 rings (SSSR count). The maximum absolute atomic E-state index is 13.6. The fourth-order valence-electron chi connectivity index (χ4n) is 6.53. The molecule has 2 heterocycles. The van der Waals surface area contributed by atoms with Crippen molar-refractivity contribution < 1.29 is 9.59 Å². The average molecular weight is 537 g/mol. The minimum atomic E-state index is 0.0162. The van der Waals surface area contributed by atoms with Crippen LogP contribution in [0.1, 0.15) is 83.2 Å². The molecule has 2 saturated heterocycles. The molecular formula is C36H44N2O2. The molecule has 0 unspecified atom stereocenters. The zero-order valence-corrected chi connectivity index (χ0v) is 23.8. The van der Waals surface area contributed by atoms with E-state index < -0.39 is 0 Å². The van der Waals surface area contributed by atoms with Crippen LogP contribution in [0.15, 0.2) is 84.9 Å². The standard InChI is InChI=1S/C36H44N2O2/c39-35(37-25-21-31(22-26-37)17-9-15-29-11-3-1-4-12-29)33-19-7-8-20-34(33)36(40)38-27-23-32(24-28-38)18-10-16-30-13-5-2-6-14-30/h1-8,11-14,19-20,31-32H,9-10,15-18,21-28H2. The zero-order valence-electron chi connectivity index (χ0n) is 23.8. The smallest absolute Gasteiger partial charge is 0.254 e. The first kappa shape index (κ1) is 28.1. The molecule has 0 aromatic heterocycles. The molecular weight excluding hydrogens is 492 g/mol. The van der Waals surface area contributed by atoms with Gasteiger partial charge in [-0.05, 0) is 99.3 Å². The number of rotatable bonds is 10. The van der Waals surface area contributed by atoms with Crippen LogP contribution in [0.2, 0.25) is 0 Å².